The lowest BCUT2D eigenvalue weighted by molar-refractivity contribution is 0.101. The van der Waals surface area contributed by atoms with Crippen LogP contribution in [0.4, 0.5) is 5.69 Å². The zero-order chi connectivity index (χ0) is 13.3. The third kappa shape index (κ3) is 2.50. The second-order valence-corrected chi connectivity index (χ2v) is 5.72. The summed E-state index contributed by atoms with van der Waals surface area (Å²) in [7, 11) is 0. The van der Waals surface area contributed by atoms with Gasteiger partial charge >= 0.3 is 0 Å². The minimum atomic E-state index is -0.194. The van der Waals surface area contributed by atoms with E-state index < -0.39 is 0 Å². The molecule has 1 aromatic rings. The number of carbonyl (C=O) groups excluding carboxylic acids is 1. The minimum absolute atomic E-state index is 0.0209. The Morgan fingerprint density at radius 2 is 2.00 bits per heavy atom. The van der Waals surface area contributed by atoms with Crippen molar-refractivity contribution in [2.24, 2.45) is 0 Å². The van der Waals surface area contributed by atoms with Crippen LogP contribution in [0.1, 0.15) is 36.5 Å². The number of phenolic OH excluding ortho intramolecular Hbond substituents is 1. The summed E-state index contributed by atoms with van der Waals surface area (Å²) in [6.45, 7) is 3.27. The summed E-state index contributed by atoms with van der Waals surface area (Å²) >= 11 is 9.61. The third-order valence-corrected chi connectivity index (χ3v) is 4.26. The molecule has 1 fully saturated rings. The summed E-state index contributed by atoms with van der Waals surface area (Å²) in [6, 6.07) is 1.55. The molecule has 1 aliphatic heterocycles. The molecule has 1 aliphatic rings. The lowest BCUT2D eigenvalue weighted by Gasteiger charge is -2.31. The molecule has 18 heavy (non-hydrogen) atoms. The average molecular weight is 333 g/mol. The molecular formula is C13H15BrClNO2. The maximum absolute atomic E-state index is 11.4. The SMILES string of the molecule is CC(=O)c1cc(Cl)c(N2CCCCC2)c(Br)c1O. The number of hydrogen-bond donors (Lipinski definition) is 1. The smallest absolute Gasteiger partial charge is 0.163 e. The zero-order valence-electron chi connectivity index (χ0n) is 10.2. The van der Waals surface area contributed by atoms with Crippen LogP contribution in [0.5, 0.6) is 5.75 Å². The molecule has 2 rings (SSSR count). The minimum Gasteiger partial charge on any atom is -0.506 e. The van der Waals surface area contributed by atoms with Crippen molar-refractivity contribution in [1.82, 2.24) is 0 Å². The molecule has 1 N–H and O–H groups in total. The molecule has 1 saturated heterocycles. The zero-order valence-corrected chi connectivity index (χ0v) is 12.5. The lowest BCUT2D eigenvalue weighted by atomic mass is 10.1. The molecule has 0 amide bonds. The number of anilines is 1. The predicted octanol–water partition coefficient (Wildman–Crippen LogP) is 4.00. The molecule has 0 spiro atoms. The van der Waals surface area contributed by atoms with Gasteiger partial charge in [-0.2, -0.15) is 0 Å². The van der Waals surface area contributed by atoms with E-state index >= 15 is 0 Å². The molecule has 3 nitrogen and oxygen atoms in total. The van der Waals surface area contributed by atoms with E-state index in [0.29, 0.717) is 9.50 Å². The summed E-state index contributed by atoms with van der Waals surface area (Å²) in [6.07, 6.45) is 3.47. The van der Waals surface area contributed by atoms with Gasteiger partial charge in [0.05, 0.1) is 20.7 Å². The number of carbonyl (C=O) groups is 1. The maximum atomic E-state index is 11.4. The van der Waals surface area contributed by atoms with Crippen molar-refractivity contribution in [3.63, 3.8) is 0 Å². The molecule has 5 heteroatoms. The van der Waals surface area contributed by atoms with E-state index in [4.69, 9.17) is 11.6 Å². The van der Waals surface area contributed by atoms with Crippen LogP contribution in [0.2, 0.25) is 5.02 Å². The van der Waals surface area contributed by atoms with Crippen LogP contribution >= 0.6 is 27.5 Å². The van der Waals surface area contributed by atoms with Gasteiger partial charge in [-0.05, 0) is 48.2 Å². The fraction of sp³-hybridized carbons (Fsp3) is 0.462. The fourth-order valence-corrected chi connectivity index (χ4v) is 3.39. The molecule has 0 bridgehead atoms. The highest BCUT2D eigenvalue weighted by atomic mass is 79.9. The Balaban J connectivity index is 2.48. The predicted molar refractivity (Wildman–Crippen MR) is 76.9 cm³/mol. The summed E-state index contributed by atoms with van der Waals surface area (Å²) in [5.74, 6) is -0.215. The van der Waals surface area contributed by atoms with Crippen molar-refractivity contribution in [3.8, 4) is 5.75 Å². The van der Waals surface area contributed by atoms with Crippen LogP contribution in [-0.2, 0) is 0 Å². The Morgan fingerprint density at radius 3 is 2.56 bits per heavy atom. The van der Waals surface area contributed by atoms with Gasteiger partial charge in [0.2, 0.25) is 0 Å². The normalized spacial score (nSPS) is 15.8. The maximum Gasteiger partial charge on any atom is 0.163 e. The number of Topliss-reactive ketones (excluding diaryl/α,β-unsaturated/α-hetero) is 1. The highest BCUT2D eigenvalue weighted by molar-refractivity contribution is 9.10. The van der Waals surface area contributed by atoms with E-state index in [1.165, 1.54) is 13.3 Å². The monoisotopic (exact) mass is 331 g/mol. The van der Waals surface area contributed by atoms with Gasteiger partial charge in [0.15, 0.2) is 5.78 Å². The topological polar surface area (TPSA) is 40.5 Å². The van der Waals surface area contributed by atoms with Crippen LogP contribution in [-0.4, -0.2) is 24.0 Å². The Labute approximate surface area is 120 Å². The summed E-state index contributed by atoms with van der Waals surface area (Å²) < 4.78 is 0.516. The van der Waals surface area contributed by atoms with Gasteiger partial charge in [0, 0.05) is 13.1 Å². The van der Waals surface area contributed by atoms with E-state index in [9.17, 15) is 9.90 Å². The van der Waals surface area contributed by atoms with E-state index in [1.54, 1.807) is 6.07 Å². The molecule has 1 heterocycles. The Kier molecular flexibility index (Phi) is 4.17. The number of hydrogen-bond acceptors (Lipinski definition) is 3. The lowest BCUT2D eigenvalue weighted by Crippen LogP contribution is -2.30. The average Bonchev–Trinajstić information content (AvgIpc) is 2.35. The Bertz CT molecular complexity index is 484. The third-order valence-electron chi connectivity index (χ3n) is 3.22. The van der Waals surface area contributed by atoms with Crippen molar-refractivity contribution < 1.29 is 9.90 Å². The highest BCUT2D eigenvalue weighted by Gasteiger charge is 2.22. The number of rotatable bonds is 2. The van der Waals surface area contributed by atoms with Crippen LogP contribution in [0.3, 0.4) is 0 Å². The molecule has 0 atom stereocenters. The molecule has 0 unspecified atom stereocenters. The highest BCUT2D eigenvalue weighted by Crippen LogP contribution is 2.43. The first kappa shape index (κ1) is 13.7. The number of benzene rings is 1. The second-order valence-electron chi connectivity index (χ2n) is 4.52. The first-order chi connectivity index (χ1) is 8.52. The number of ketones is 1. The fourth-order valence-electron chi connectivity index (χ4n) is 2.27. The van der Waals surface area contributed by atoms with Crippen LogP contribution in [0, 0.1) is 0 Å². The van der Waals surface area contributed by atoms with Gasteiger partial charge in [-0.1, -0.05) is 11.6 Å². The van der Waals surface area contributed by atoms with Crippen LogP contribution in [0.15, 0.2) is 10.5 Å². The molecule has 1 aromatic carbocycles. The molecule has 0 saturated carbocycles. The van der Waals surface area contributed by atoms with Crippen molar-refractivity contribution in [2.75, 3.05) is 18.0 Å². The Morgan fingerprint density at radius 1 is 1.39 bits per heavy atom. The van der Waals surface area contributed by atoms with Crippen molar-refractivity contribution in [1.29, 1.82) is 0 Å². The van der Waals surface area contributed by atoms with E-state index in [1.807, 2.05) is 0 Å². The van der Waals surface area contributed by atoms with Gasteiger partial charge in [-0.3, -0.25) is 4.79 Å². The van der Waals surface area contributed by atoms with Crippen molar-refractivity contribution in [2.45, 2.75) is 26.2 Å². The van der Waals surface area contributed by atoms with Gasteiger partial charge in [0.25, 0.3) is 0 Å². The summed E-state index contributed by atoms with van der Waals surface area (Å²) in [5.41, 5.74) is 1.05. The molecule has 0 radical (unpaired) electrons. The number of nitrogens with zero attached hydrogens (tertiary/aromatic N) is 1. The molecule has 98 valence electrons. The summed E-state index contributed by atoms with van der Waals surface area (Å²) in [4.78, 5) is 13.6. The van der Waals surface area contributed by atoms with E-state index in [-0.39, 0.29) is 17.1 Å². The quantitative estimate of drug-likeness (QED) is 0.832. The summed E-state index contributed by atoms with van der Waals surface area (Å²) in [5, 5.41) is 10.6. The van der Waals surface area contributed by atoms with Gasteiger partial charge in [-0.15, -0.1) is 0 Å². The number of phenols is 1. The largest absolute Gasteiger partial charge is 0.506 e. The number of piperidine rings is 1. The molecular weight excluding hydrogens is 318 g/mol. The number of aromatic hydroxyl groups is 1. The molecule has 0 aliphatic carbocycles. The first-order valence-corrected chi connectivity index (χ1v) is 7.16. The first-order valence-electron chi connectivity index (χ1n) is 5.99. The van der Waals surface area contributed by atoms with Gasteiger partial charge in [0.1, 0.15) is 5.75 Å². The van der Waals surface area contributed by atoms with Gasteiger partial charge in [-0.25, -0.2) is 0 Å². The van der Waals surface area contributed by atoms with Crippen molar-refractivity contribution in [3.05, 3.63) is 21.1 Å². The van der Waals surface area contributed by atoms with E-state index in [0.717, 1.165) is 31.6 Å². The standard InChI is InChI=1S/C13H15BrClNO2/c1-8(17)9-7-10(15)12(11(14)13(9)18)16-5-3-2-4-6-16/h7,18H,2-6H2,1H3. The van der Waals surface area contributed by atoms with Gasteiger partial charge < -0.3 is 10.0 Å². The van der Waals surface area contributed by atoms with Crippen LogP contribution < -0.4 is 4.90 Å². The number of halogens is 2. The second kappa shape index (κ2) is 5.49. The van der Waals surface area contributed by atoms with Crippen molar-refractivity contribution >= 4 is 39.0 Å². The Hall–Kier alpha value is -0.740. The van der Waals surface area contributed by atoms with E-state index in [2.05, 4.69) is 20.8 Å². The molecule has 0 aromatic heterocycles. The van der Waals surface area contributed by atoms with Crippen LogP contribution in [0.25, 0.3) is 0 Å².